The van der Waals surface area contributed by atoms with Gasteiger partial charge in [0, 0.05) is 36.6 Å². The highest BCUT2D eigenvalue weighted by atomic mass is 35.5. The Kier molecular flexibility index (Phi) is 7.53. The number of pyridine rings is 1. The summed E-state index contributed by atoms with van der Waals surface area (Å²) in [7, 11) is -3.54. The number of oxazole rings is 1. The van der Waals surface area contributed by atoms with Crippen molar-refractivity contribution in [1.82, 2.24) is 19.7 Å². The third-order valence-corrected chi connectivity index (χ3v) is 7.36. The second kappa shape index (κ2) is 10.8. The third kappa shape index (κ3) is 5.99. The van der Waals surface area contributed by atoms with Crippen molar-refractivity contribution in [2.75, 3.05) is 6.26 Å². The largest absolute Gasteiger partial charge is 0.440 e. The number of halogens is 6. The van der Waals surface area contributed by atoms with Crippen LogP contribution in [0.15, 0.2) is 76.3 Å². The highest BCUT2D eigenvalue weighted by Gasteiger charge is 2.37. The van der Waals surface area contributed by atoms with E-state index >= 15 is 0 Å². The molecule has 0 saturated carbocycles. The molecule has 0 atom stereocenters. The fourth-order valence-electron chi connectivity index (χ4n) is 4.16. The monoisotopic (exact) mass is 624 g/mol. The Hall–Kier alpha value is -4.30. The first-order valence-electron chi connectivity index (χ1n) is 11.9. The lowest BCUT2D eigenvalue weighted by Crippen LogP contribution is -2.08. The minimum Gasteiger partial charge on any atom is -0.440 e. The molecule has 0 fully saturated rings. The lowest BCUT2D eigenvalue weighted by atomic mass is 9.98. The Bertz CT molecular complexity index is 1890. The zero-order chi connectivity index (χ0) is 30.4. The predicted octanol–water partition coefficient (Wildman–Crippen LogP) is 7.24. The van der Waals surface area contributed by atoms with Crippen LogP contribution in [0, 0.1) is 6.92 Å². The Morgan fingerprint density at radius 1 is 1.02 bits per heavy atom. The van der Waals surface area contributed by atoms with Gasteiger partial charge in [0.2, 0.25) is 5.88 Å². The fourth-order valence-corrected chi connectivity index (χ4v) is 5.06. The lowest BCUT2D eigenvalue weighted by molar-refractivity contribution is -0.141. The lowest BCUT2D eigenvalue weighted by Gasteiger charge is -2.13. The molecule has 0 saturated heterocycles. The average molecular weight is 625 g/mol. The van der Waals surface area contributed by atoms with Gasteiger partial charge in [-0.25, -0.2) is 23.1 Å². The maximum Gasteiger partial charge on any atom is 0.436 e. The van der Waals surface area contributed by atoms with E-state index in [-0.39, 0.29) is 39.4 Å². The van der Waals surface area contributed by atoms with Crippen molar-refractivity contribution in [2.45, 2.75) is 24.6 Å². The van der Waals surface area contributed by atoms with E-state index in [1.807, 2.05) is 0 Å². The zero-order valence-corrected chi connectivity index (χ0v) is 23.1. The number of rotatable bonds is 7. The Morgan fingerprint density at radius 2 is 1.74 bits per heavy atom. The SMILES string of the molecule is Cc1nc(-c2ccc(OC(F)F)nc2)c(-c2cc(-c3cccc(S(C)(=O)=O)c3)ccc2-n2cc(Cl)c(C(F)(F)F)n2)o1. The second-order valence-electron chi connectivity index (χ2n) is 8.97. The number of ether oxygens (including phenoxy) is 1. The molecule has 0 spiro atoms. The van der Waals surface area contributed by atoms with Gasteiger partial charge in [0.15, 0.2) is 27.2 Å². The van der Waals surface area contributed by atoms with Gasteiger partial charge in [0.25, 0.3) is 0 Å². The molecule has 0 bridgehead atoms. The number of hydrogen-bond acceptors (Lipinski definition) is 7. The highest BCUT2D eigenvalue weighted by molar-refractivity contribution is 7.90. The van der Waals surface area contributed by atoms with Crippen LogP contribution in [-0.2, 0) is 16.0 Å². The van der Waals surface area contributed by atoms with Gasteiger partial charge in [0.1, 0.15) is 5.69 Å². The van der Waals surface area contributed by atoms with Gasteiger partial charge < -0.3 is 9.15 Å². The predicted molar refractivity (Wildman–Crippen MR) is 142 cm³/mol. The molecule has 8 nitrogen and oxygen atoms in total. The molecule has 5 aromatic rings. The molecular formula is C27H18ClF5N4O4S. The topological polar surface area (TPSA) is 100 Å². The molecule has 0 unspecified atom stereocenters. The first-order valence-corrected chi connectivity index (χ1v) is 14.1. The molecule has 0 radical (unpaired) electrons. The van der Waals surface area contributed by atoms with Crippen molar-refractivity contribution < 1.29 is 39.5 Å². The molecule has 218 valence electrons. The van der Waals surface area contributed by atoms with Crippen LogP contribution in [-0.4, -0.2) is 41.0 Å². The molecule has 0 aliphatic carbocycles. The maximum absolute atomic E-state index is 13.5. The van der Waals surface area contributed by atoms with Crippen molar-refractivity contribution >= 4 is 21.4 Å². The number of sulfone groups is 1. The minimum atomic E-state index is -4.82. The summed E-state index contributed by atoms with van der Waals surface area (Å²) < 4.78 is 101. The molecule has 0 amide bonds. The van der Waals surface area contributed by atoms with E-state index in [9.17, 15) is 30.4 Å². The van der Waals surface area contributed by atoms with Crippen molar-refractivity contribution in [2.24, 2.45) is 0 Å². The van der Waals surface area contributed by atoms with E-state index in [1.54, 1.807) is 31.2 Å². The summed E-state index contributed by atoms with van der Waals surface area (Å²) >= 11 is 5.88. The van der Waals surface area contributed by atoms with Crippen LogP contribution in [0.2, 0.25) is 5.02 Å². The van der Waals surface area contributed by atoms with Crippen LogP contribution in [0.1, 0.15) is 11.6 Å². The molecule has 15 heteroatoms. The quantitative estimate of drug-likeness (QED) is 0.176. The molecule has 42 heavy (non-hydrogen) atoms. The Morgan fingerprint density at radius 3 is 2.36 bits per heavy atom. The first-order chi connectivity index (χ1) is 19.7. The molecule has 3 aromatic heterocycles. The van der Waals surface area contributed by atoms with Gasteiger partial charge in [-0.15, -0.1) is 0 Å². The molecule has 2 aromatic carbocycles. The standard InChI is InChI=1S/C27H18ClF5N4O4S/c1-14-35-23(17-7-9-22(34-12-17)41-26(29)30)24(40-14)19-11-16(15-4-3-5-18(10-15)42(2,38)39)6-8-21(19)37-13-20(28)25(36-37)27(31,32)33/h3-13,26H,1-2H3. The number of aromatic nitrogens is 4. The normalized spacial score (nSPS) is 12.2. The Labute approximate surface area is 240 Å². The van der Waals surface area contributed by atoms with Crippen molar-refractivity contribution in [1.29, 1.82) is 0 Å². The molecule has 0 aliphatic rings. The molecule has 0 N–H and O–H groups in total. The van der Waals surface area contributed by atoms with Crippen LogP contribution in [0.5, 0.6) is 5.88 Å². The number of alkyl halides is 5. The summed E-state index contributed by atoms with van der Waals surface area (Å²) in [4.78, 5) is 8.30. The van der Waals surface area contributed by atoms with Crippen LogP contribution >= 0.6 is 11.6 Å². The molecular weight excluding hydrogens is 607 g/mol. The summed E-state index contributed by atoms with van der Waals surface area (Å²) in [5, 5.41) is 3.02. The van der Waals surface area contributed by atoms with Gasteiger partial charge in [-0.05, 0) is 41.5 Å². The van der Waals surface area contributed by atoms with E-state index in [2.05, 4.69) is 19.8 Å². The highest BCUT2D eigenvalue weighted by Crippen LogP contribution is 2.40. The zero-order valence-electron chi connectivity index (χ0n) is 21.5. The number of hydrogen-bond donors (Lipinski definition) is 0. The minimum absolute atomic E-state index is 0.0627. The molecule has 0 aliphatic heterocycles. The van der Waals surface area contributed by atoms with Crippen molar-refractivity contribution in [3.63, 3.8) is 0 Å². The number of nitrogens with zero attached hydrogens (tertiary/aromatic N) is 4. The van der Waals surface area contributed by atoms with E-state index in [0.717, 1.165) is 17.1 Å². The maximum atomic E-state index is 13.5. The van der Waals surface area contributed by atoms with Gasteiger partial charge in [-0.3, -0.25) is 0 Å². The molecule has 5 rings (SSSR count). The van der Waals surface area contributed by atoms with Gasteiger partial charge in [-0.2, -0.15) is 27.1 Å². The summed E-state index contributed by atoms with van der Waals surface area (Å²) in [6.07, 6.45) is -1.54. The summed E-state index contributed by atoms with van der Waals surface area (Å²) in [5.41, 5.74) is 0.551. The number of benzene rings is 2. The average Bonchev–Trinajstić information content (AvgIpc) is 3.50. The summed E-state index contributed by atoms with van der Waals surface area (Å²) in [5.74, 6) is -0.0687. The van der Waals surface area contributed by atoms with Crippen molar-refractivity contribution in [3.8, 4) is 45.3 Å². The van der Waals surface area contributed by atoms with E-state index in [4.69, 9.17) is 16.0 Å². The van der Waals surface area contributed by atoms with Crippen molar-refractivity contribution in [3.05, 3.63) is 83.6 Å². The van der Waals surface area contributed by atoms with Crippen LogP contribution in [0.3, 0.4) is 0 Å². The summed E-state index contributed by atoms with van der Waals surface area (Å²) in [6.45, 7) is -1.54. The third-order valence-electron chi connectivity index (χ3n) is 5.98. The van der Waals surface area contributed by atoms with E-state index in [0.29, 0.717) is 16.7 Å². The van der Waals surface area contributed by atoms with E-state index < -0.39 is 33.3 Å². The smallest absolute Gasteiger partial charge is 0.436 e. The Balaban J connectivity index is 1.72. The van der Waals surface area contributed by atoms with Crippen LogP contribution in [0.4, 0.5) is 22.0 Å². The summed E-state index contributed by atoms with van der Waals surface area (Å²) in [6, 6.07) is 13.3. The van der Waals surface area contributed by atoms with Gasteiger partial charge >= 0.3 is 12.8 Å². The second-order valence-corrected chi connectivity index (χ2v) is 11.4. The molecule has 3 heterocycles. The van der Waals surface area contributed by atoms with E-state index in [1.165, 1.54) is 36.5 Å². The first kappa shape index (κ1) is 29.2. The number of aryl methyl sites for hydroxylation is 1. The van der Waals surface area contributed by atoms with Crippen LogP contribution < -0.4 is 4.74 Å². The van der Waals surface area contributed by atoms with Gasteiger partial charge in [-0.1, -0.05) is 29.8 Å². The van der Waals surface area contributed by atoms with Crippen LogP contribution in [0.25, 0.3) is 39.4 Å². The fraction of sp³-hybridized carbons (Fsp3) is 0.148. The van der Waals surface area contributed by atoms with Gasteiger partial charge in [0.05, 0.1) is 21.8 Å².